The first-order valence-electron chi connectivity index (χ1n) is 14.6. The van der Waals surface area contributed by atoms with Crippen LogP contribution in [0.2, 0.25) is 0 Å². The predicted molar refractivity (Wildman–Crippen MR) is 164 cm³/mol. The van der Waals surface area contributed by atoms with Crippen molar-refractivity contribution < 1.29 is 27.1 Å². The standard InChI is InChI=1S/C33H34F4N6O2/c1-5-30-38-14-10-26(40-30)23-7-6-13-39-32(23)45-29-19-24(25(34)17-20(29)2)31(44)41-27-18-21(33(35,36)37)8-9-28(27)43(4)22-11-15-42(3)16-12-22/h6-10,13-14,17-19,22H,5,11-12,15-16H2,1-4H3,(H,41,44). The van der Waals surface area contributed by atoms with Crippen LogP contribution in [0.4, 0.5) is 28.9 Å². The Hall–Kier alpha value is -4.58. The van der Waals surface area contributed by atoms with E-state index in [0.717, 1.165) is 44.1 Å². The number of aromatic nitrogens is 3. The number of nitrogens with one attached hydrogen (secondary N) is 1. The van der Waals surface area contributed by atoms with Gasteiger partial charge in [0.1, 0.15) is 17.4 Å². The van der Waals surface area contributed by atoms with Gasteiger partial charge in [0.25, 0.3) is 5.91 Å². The fourth-order valence-electron chi connectivity index (χ4n) is 5.32. The number of hydrogen-bond acceptors (Lipinski definition) is 7. The van der Waals surface area contributed by atoms with Crippen LogP contribution in [-0.4, -0.2) is 59.0 Å². The van der Waals surface area contributed by atoms with Gasteiger partial charge in [-0.1, -0.05) is 6.92 Å². The van der Waals surface area contributed by atoms with E-state index in [0.29, 0.717) is 34.8 Å². The van der Waals surface area contributed by atoms with Gasteiger partial charge in [0.15, 0.2) is 0 Å². The Bertz CT molecular complexity index is 1690. The SMILES string of the molecule is CCc1nccc(-c2cccnc2Oc2cc(C(=O)Nc3cc(C(F)(F)F)ccc3N(C)C3CCN(C)CC3)c(F)cc2C)n1. The number of likely N-dealkylation sites (tertiary alicyclic amines) is 1. The van der Waals surface area contributed by atoms with Gasteiger partial charge in [-0.05, 0) is 94.0 Å². The van der Waals surface area contributed by atoms with E-state index in [2.05, 4.69) is 25.2 Å². The van der Waals surface area contributed by atoms with Crippen LogP contribution in [0.3, 0.4) is 0 Å². The number of hydrogen-bond donors (Lipinski definition) is 1. The minimum atomic E-state index is -4.64. The lowest BCUT2D eigenvalue weighted by molar-refractivity contribution is -0.137. The van der Waals surface area contributed by atoms with Crippen molar-refractivity contribution in [1.29, 1.82) is 0 Å². The van der Waals surface area contributed by atoms with Crippen molar-refractivity contribution in [2.75, 3.05) is 37.4 Å². The van der Waals surface area contributed by atoms with Crippen LogP contribution < -0.4 is 15.0 Å². The molecular weight excluding hydrogens is 588 g/mol. The lowest BCUT2D eigenvalue weighted by Gasteiger charge is -2.37. The first kappa shape index (κ1) is 31.8. The van der Waals surface area contributed by atoms with Crippen molar-refractivity contribution in [3.05, 3.63) is 89.3 Å². The summed E-state index contributed by atoms with van der Waals surface area (Å²) in [4.78, 5) is 30.7. The van der Waals surface area contributed by atoms with Crippen LogP contribution in [0.25, 0.3) is 11.3 Å². The van der Waals surface area contributed by atoms with E-state index in [-0.39, 0.29) is 23.4 Å². The fourth-order valence-corrected chi connectivity index (χ4v) is 5.32. The van der Waals surface area contributed by atoms with E-state index >= 15 is 4.39 Å². The topological polar surface area (TPSA) is 83.5 Å². The molecule has 1 fully saturated rings. The Labute approximate surface area is 259 Å². The third-order valence-corrected chi connectivity index (χ3v) is 7.97. The van der Waals surface area contributed by atoms with E-state index < -0.39 is 29.0 Å². The molecule has 1 aliphatic rings. The lowest BCUT2D eigenvalue weighted by atomic mass is 10.0. The molecule has 3 heterocycles. The molecule has 5 rings (SSSR count). The number of ether oxygens (including phenoxy) is 1. The molecule has 1 aliphatic heterocycles. The molecule has 0 saturated carbocycles. The minimum absolute atomic E-state index is 0.0561. The summed E-state index contributed by atoms with van der Waals surface area (Å²) in [5, 5.41) is 2.55. The summed E-state index contributed by atoms with van der Waals surface area (Å²) in [6.07, 6.45) is 0.764. The molecule has 0 unspecified atom stereocenters. The Balaban J connectivity index is 1.47. The number of carbonyl (C=O) groups is 1. The number of anilines is 2. The molecule has 4 aromatic rings. The third kappa shape index (κ3) is 7.22. The Kier molecular flexibility index (Phi) is 9.33. The van der Waals surface area contributed by atoms with Crippen LogP contribution in [-0.2, 0) is 12.6 Å². The second-order valence-corrected chi connectivity index (χ2v) is 11.1. The molecule has 12 heteroatoms. The first-order valence-corrected chi connectivity index (χ1v) is 14.6. The van der Waals surface area contributed by atoms with Crippen molar-refractivity contribution in [3.8, 4) is 22.9 Å². The second-order valence-electron chi connectivity index (χ2n) is 11.1. The number of benzene rings is 2. The number of nitrogens with zero attached hydrogens (tertiary/aromatic N) is 5. The summed E-state index contributed by atoms with van der Waals surface area (Å²) in [6.45, 7) is 5.22. The van der Waals surface area contributed by atoms with Crippen molar-refractivity contribution in [1.82, 2.24) is 19.9 Å². The van der Waals surface area contributed by atoms with Gasteiger partial charge in [0.05, 0.1) is 33.8 Å². The number of aryl methyl sites for hydroxylation is 2. The number of halogens is 4. The van der Waals surface area contributed by atoms with Gasteiger partial charge in [-0.25, -0.2) is 19.3 Å². The summed E-state index contributed by atoms with van der Waals surface area (Å²) in [7, 11) is 3.80. The zero-order valence-electron chi connectivity index (χ0n) is 25.5. The summed E-state index contributed by atoms with van der Waals surface area (Å²) in [6, 6.07) is 10.9. The monoisotopic (exact) mass is 622 g/mol. The van der Waals surface area contributed by atoms with Crippen LogP contribution in [0.5, 0.6) is 11.6 Å². The summed E-state index contributed by atoms with van der Waals surface area (Å²) >= 11 is 0. The highest BCUT2D eigenvalue weighted by Gasteiger charge is 2.32. The van der Waals surface area contributed by atoms with Crippen molar-refractivity contribution in [2.45, 2.75) is 45.3 Å². The fraction of sp³-hybridized carbons (Fsp3) is 0.333. The van der Waals surface area contributed by atoms with Crippen molar-refractivity contribution in [2.24, 2.45) is 0 Å². The number of alkyl halides is 3. The number of amides is 1. The van der Waals surface area contributed by atoms with Gasteiger partial charge in [0.2, 0.25) is 5.88 Å². The molecule has 2 aromatic carbocycles. The molecule has 0 bridgehead atoms. The quantitative estimate of drug-likeness (QED) is 0.209. The highest BCUT2D eigenvalue weighted by atomic mass is 19.4. The molecule has 1 N–H and O–H groups in total. The molecule has 236 valence electrons. The van der Waals surface area contributed by atoms with Crippen LogP contribution in [0, 0.1) is 12.7 Å². The molecule has 8 nitrogen and oxygen atoms in total. The number of pyridine rings is 1. The second kappa shape index (κ2) is 13.2. The van der Waals surface area contributed by atoms with Crippen LogP contribution in [0.1, 0.15) is 47.1 Å². The van der Waals surface area contributed by atoms with Gasteiger partial charge in [-0.3, -0.25) is 4.79 Å². The zero-order chi connectivity index (χ0) is 32.3. The molecule has 45 heavy (non-hydrogen) atoms. The van der Waals surface area contributed by atoms with Crippen LogP contribution in [0.15, 0.2) is 60.9 Å². The summed E-state index contributed by atoms with van der Waals surface area (Å²) < 4.78 is 62.5. The molecule has 1 amide bonds. The van der Waals surface area contributed by atoms with Gasteiger partial charge in [-0.15, -0.1) is 0 Å². The van der Waals surface area contributed by atoms with E-state index in [1.165, 1.54) is 18.3 Å². The van der Waals surface area contributed by atoms with Gasteiger partial charge in [0, 0.05) is 31.9 Å². The molecule has 0 aliphatic carbocycles. The predicted octanol–water partition coefficient (Wildman–Crippen LogP) is 7.14. The number of rotatable bonds is 8. The molecule has 0 atom stereocenters. The molecule has 0 spiro atoms. The first-order chi connectivity index (χ1) is 21.4. The summed E-state index contributed by atoms with van der Waals surface area (Å²) in [5.41, 5.74) is 0.548. The Morgan fingerprint density at radius 2 is 1.84 bits per heavy atom. The summed E-state index contributed by atoms with van der Waals surface area (Å²) in [5.74, 6) is -0.800. The minimum Gasteiger partial charge on any atom is -0.438 e. The maximum absolute atomic E-state index is 15.3. The Morgan fingerprint density at radius 3 is 2.56 bits per heavy atom. The smallest absolute Gasteiger partial charge is 0.416 e. The van der Waals surface area contributed by atoms with E-state index in [1.54, 1.807) is 38.4 Å². The Morgan fingerprint density at radius 1 is 1.09 bits per heavy atom. The van der Waals surface area contributed by atoms with Crippen molar-refractivity contribution >= 4 is 17.3 Å². The van der Waals surface area contributed by atoms with E-state index in [9.17, 15) is 18.0 Å². The largest absolute Gasteiger partial charge is 0.438 e. The van der Waals surface area contributed by atoms with Gasteiger partial charge in [-0.2, -0.15) is 13.2 Å². The number of carbonyl (C=O) groups excluding carboxylic acids is 1. The highest BCUT2D eigenvalue weighted by Crippen LogP contribution is 2.38. The number of piperidine rings is 1. The molecular formula is C33H34F4N6O2. The maximum atomic E-state index is 15.3. The third-order valence-electron chi connectivity index (χ3n) is 7.97. The maximum Gasteiger partial charge on any atom is 0.416 e. The van der Waals surface area contributed by atoms with E-state index in [4.69, 9.17) is 4.74 Å². The van der Waals surface area contributed by atoms with Crippen LogP contribution >= 0.6 is 0 Å². The average molecular weight is 623 g/mol. The molecule has 2 aromatic heterocycles. The van der Waals surface area contributed by atoms with Gasteiger partial charge < -0.3 is 19.9 Å². The van der Waals surface area contributed by atoms with E-state index in [1.807, 2.05) is 18.9 Å². The average Bonchev–Trinajstić information content (AvgIpc) is 3.02. The van der Waals surface area contributed by atoms with Gasteiger partial charge >= 0.3 is 6.18 Å². The molecule has 0 radical (unpaired) electrons. The highest BCUT2D eigenvalue weighted by molar-refractivity contribution is 6.06. The lowest BCUT2D eigenvalue weighted by Crippen LogP contribution is -2.42. The zero-order valence-corrected chi connectivity index (χ0v) is 25.5. The van der Waals surface area contributed by atoms with Crippen molar-refractivity contribution in [3.63, 3.8) is 0 Å². The molecule has 1 saturated heterocycles. The normalized spacial score (nSPS) is 14.3.